The lowest BCUT2D eigenvalue weighted by atomic mass is 10.2. The number of fused-ring (bicyclic) bond motifs is 1. The fraction of sp³-hybridized carbons (Fsp3) is 0.278. The van der Waals surface area contributed by atoms with Gasteiger partial charge in [-0.05, 0) is 44.2 Å². The van der Waals surface area contributed by atoms with E-state index in [4.69, 9.17) is 4.74 Å². The highest BCUT2D eigenvalue weighted by molar-refractivity contribution is 7.91. The molecule has 0 spiro atoms. The Morgan fingerprint density at radius 3 is 2.04 bits per heavy atom. The average Bonchev–Trinajstić information content (AvgIpc) is 2.96. The van der Waals surface area contributed by atoms with Gasteiger partial charge in [-0.25, -0.2) is 13.2 Å². The SMILES string of the molecule is CCn1c(=O)n(CC)c2cc(S(=O)(=O)c3ccc(OC)cc3)c([N+](=O)[O-])cc21. The normalized spacial score (nSPS) is 11.7. The summed E-state index contributed by atoms with van der Waals surface area (Å²) in [6.45, 7) is 4.11. The highest BCUT2D eigenvalue weighted by atomic mass is 32.2. The van der Waals surface area contributed by atoms with Crippen molar-refractivity contribution in [2.24, 2.45) is 0 Å². The van der Waals surface area contributed by atoms with Crippen LogP contribution in [0.3, 0.4) is 0 Å². The van der Waals surface area contributed by atoms with Gasteiger partial charge in [0.2, 0.25) is 9.84 Å². The van der Waals surface area contributed by atoms with E-state index in [0.717, 1.165) is 6.07 Å². The monoisotopic (exact) mass is 405 g/mol. The predicted octanol–water partition coefficient (Wildman–Crippen LogP) is 2.59. The molecular weight excluding hydrogens is 386 g/mol. The van der Waals surface area contributed by atoms with Crippen molar-refractivity contribution in [1.82, 2.24) is 9.13 Å². The van der Waals surface area contributed by atoms with Crippen LogP contribution in [0.4, 0.5) is 5.69 Å². The molecule has 0 saturated heterocycles. The summed E-state index contributed by atoms with van der Waals surface area (Å²) in [4.78, 5) is 22.9. The summed E-state index contributed by atoms with van der Waals surface area (Å²) in [6, 6.07) is 7.95. The topological polar surface area (TPSA) is 113 Å². The van der Waals surface area contributed by atoms with Crippen molar-refractivity contribution in [3.8, 4) is 5.75 Å². The molecule has 10 heteroatoms. The van der Waals surface area contributed by atoms with E-state index in [1.54, 1.807) is 13.8 Å². The van der Waals surface area contributed by atoms with E-state index in [0.29, 0.717) is 29.9 Å². The molecule has 0 aliphatic heterocycles. The van der Waals surface area contributed by atoms with Crippen LogP contribution in [-0.2, 0) is 22.9 Å². The lowest BCUT2D eigenvalue weighted by Gasteiger charge is -2.08. The number of nitro benzene ring substituents is 1. The lowest BCUT2D eigenvalue weighted by Crippen LogP contribution is -2.23. The van der Waals surface area contributed by atoms with E-state index in [1.807, 2.05) is 0 Å². The fourth-order valence-corrected chi connectivity index (χ4v) is 4.61. The number of aryl methyl sites for hydroxylation is 2. The summed E-state index contributed by atoms with van der Waals surface area (Å²) in [5, 5.41) is 11.6. The van der Waals surface area contributed by atoms with Crippen LogP contribution in [0.25, 0.3) is 11.0 Å². The van der Waals surface area contributed by atoms with Gasteiger partial charge in [0.05, 0.1) is 28.0 Å². The zero-order chi connectivity index (χ0) is 20.6. The van der Waals surface area contributed by atoms with Crippen LogP contribution in [0.15, 0.2) is 51.0 Å². The molecular formula is C18H19N3O6S. The molecule has 0 aliphatic rings. The van der Waals surface area contributed by atoms with Crippen molar-refractivity contribution >= 4 is 26.6 Å². The number of nitrogens with zero attached hydrogens (tertiary/aromatic N) is 3. The third-order valence-corrected chi connectivity index (χ3v) is 6.39. The number of benzene rings is 2. The van der Waals surface area contributed by atoms with Crippen LogP contribution < -0.4 is 10.4 Å². The molecule has 0 saturated carbocycles. The van der Waals surface area contributed by atoms with E-state index < -0.39 is 25.3 Å². The summed E-state index contributed by atoms with van der Waals surface area (Å²) in [5.74, 6) is 0.462. The molecule has 28 heavy (non-hydrogen) atoms. The second kappa shape index (κ2) is 7.12. The standard InChI is InChI=1S/C18H19N3O6S/c1-4-19-14-10-16(21(23)24)17(11-15(14)20(5-2)18(19)22)28(25,26)13-8-6-12(27-3)7-9-13/h6-11H,4-5H2,1-3H3. The molecule has 0 bridgehead atoms. The van der Waals surface area contributed by atoms with E-state index in [1.165, 1.54) is 46.6 Å². The first kappa shape index (κ1) is 19.6. The number of methoxy groups -OCH3 is 1. The van der Waals surface area contributed by atoms with E-state index in [9.17, 15) is 23.3 Å². The molecule has 0 aliphatic carbocycles. The molecule has 1 heterocycles. The summed E-state index contributed by atoms with van der Waals surface area (Å²) >= 11 is 0. The van der Waals surface area contributed by atoms with E-state index in [2.05, 4.69) is 0 Å². The van der Waals surface area contributed by atoms with Gasteiger partial charge in [0.15, 0.2) is 4.90 Å². The van der Waals surface area contributed by atoms with Crippen LogP contribution in [0.5, 0.6) is 5.75 Å². The first-order valence-corrected chi connectivity index (χ1v) is 10.0. The Morgan fingerprint density at radius 1 is 1.04 bits per heavy atom. The maximum atomic E-state index is 13.1. The second-order valence-electron chi connectivity index (χ2n) is 6.02. The van der Waals surface area contributed by atoms with Crippen molar-refractivity contribution in [2.45, 2.75) is 36.7 Å². The molecule has 9 nitrogen and oxygen atoms in total. The van der Waals surface area contributed by atoms with Gasteiger partial charge in [0.1, 0.15) is 5.75 Å². The van der Waals surface area contributed by atoms with Crippen molar-refractivity contribution < 1.29 is 18.1 Å². The number of hydrogen-bond acceptors (Lipinski definition) is 6. The van der Waals surface area contributed by atoms with Gasteiger partial charge in [-0.2, -0.15) is 0 Å². The van der Waals surface area contributed by atoms with Gasteiger partial charge in [-0.15, -0.1) is 0 Å². The molecule has 0 atom stereocenters. The minimum Gasteiger partial charge on any atom is -0.497 e. The fourth-order valence-electron chi connectivity index (χ4n) is 3.18. The van der Waals surface area contributed by atoms with Gasteiger partial charge in [-0.1, -0.05) is 0 Å². The Morgan fingerprint density at radius 2 is 1.57 bits per heavy atom. The zero-order valence-electron chi connectivity index (χ0n) is 15.6. The molecule has 2 aromatic carbocycles. The third kappa shape index (κ3) is 2.95. The van der Waals surface area contributed by atoms with Crippen LogP contribution in [0.1, 0.15) is 13.8 Å². The molecule has 0 radical (unpaired) electrons. The molecule has 3 rings (SSSR count). The smallest absolute Gasteiger partial charge is 0.329 e. The Balaban J connectivity index is 2.37. The summed E-state index contributed by atoms with van der Waals surface area (Å²) in [6.07, 6.45) is 0. The molecule has 0 N–H and O–H groups in total. The van der Waals surface area contributed by atoms with Crippen LogP contribution >= 0.6 is 0 Å². The largest absolute Gasteiger partial charge is 0.497 e. The molecule has 0 unspecified atom stereocenters. The van der Waals surface area contributed by atoms with Gasteiger partial charge >= 0.3 is 5.69 Å². The highest BCUT2D eigenvalue weighted by Crippen LogP contribution is 2.33. The molecule has 148 valence electrons. The van der Waals surface area contributed by atoms with E-state index in [-0.39, 0.29) is 10.6 Å². The second-order valence-corrected chi connectivity index (χ2v) is 7.93. The molecule has 0 fully saturated rings. The lowest BCUT2D eigenvalue weighted by molar-refractivity contribution is -0.387. The zero-order valence-corrected chi connectivity index (χ0v) is 16.4. The number of aromatic nitrogens is 2. The minimum atomic E-state index is -4.19. The first-order valence-electron chi connectivity index (χ1n) is 8.56. The summed E-state index contributed by atoms with van der Waals surface area (Å²) in [7, 11) is -2.74. The Hall–Kier alpha value is -3.14. The number of ether oxygens (including phenoxy) is 1. The number of rotatable bonds is 6. The number of nitro groups is 1. The van der Waals surface area contributed by atoms with Gasteiger partial charge in [-0.3, -0.25) is 19.2 Å². The van der Waals surface area contributed by atoms with Gasteiger partial charge in [0.25, 0.3) is 5.69 Å². The van der Waals surface area contributed by atoms with E-state index >= 15 is 0 Å². The summed E-state index contributed by atoms with van der Waals surface area (Å²) in [5.41, 5.74) is -0.242. The average molecular weight is 405 g/mol. The maximum absolute atomic E-state index is 13.1. The number of sulfone groups is 1. The Kier molecular flexibility index (Phi) is 4.99. The number of imidazole rings is 1. The van der Waals surface area contributed by atoms with Crippen molar-refractivity contribution in [3.63, 3.8) is 0 Å². The molecule has 1 aromatic heterocycles. The molecule has 3 aromatic rings. The Bertz CT molecular complexity index is 1220. The van der Waals surface area contributed by atoms with Crippen molar-refractivity contribution in [3.05, 3.63) is 57.0 Å². The van der Waals surface area contributed by atoms with Crippen molar-refractivity contribution in [1.29, 1.82) is 0 Å². The summed E-state index contributed by atoms with van der Waals surface area (Å²) < 4.78 is 34.1. The highest BCUT2D eigenvalue weighted by Gasteiger charge is 2.30. The number of hydrogen-bond donors (Lipinski definition) is 0. The Labute approximate surface area is 160 Å². The van der Waals surface area contributed by atoms with Crippen LogP contribution in [0.2, 0.25) is 0 Å². The van der Waals surface area contributed by atoms with Crippen molar-refractivity contribution in [2.75, 3.05) is 7.11 Å². The minimum absolute atomic E-state index is 0.101. The first-order chi connectivity index (χ1) is 13.3. The molecule has 0 amide bonds. The predicted molar refractivity (Wildman–Crippen MR) is 103 cm³/mol. The van der Waals surface area contributed by atoms with Crippen LogP contribution in [0, 0.1) is 10.1 Å². The van der Waals surface area contributed by atoms with Gasteiger partial charge < -0.3 is 4.74 Å². The third-order valence-electron chi connectivity index (χ3n) is 4.59. The maximum Gasteiger partial charge on any atom is 0.329 e. The van der Waals surface area contributed by atoms with Crippen LogP contribution in [-0.4, -0.2) is 29.6 Å². The van der Waals surface area contributed by atoms with Gasteiger partial charge in [0, 0.05) is 19.2 Å². The quantitative estimate of drug-likeness (QED) is 0.460.